The van der Waals surface area contributed by atoms with E-state index in [4.69, 9.17) is 4.74 Å². The monoisotopic (exact) mass is 415 g/mol. The lowest BCUT2D eigenvalue weighted by Gasteiger charge is -2.37. The average Bonchev–Trinajstić information content (AvgIpc) is 3.15. The number of amides is 1. The van der Waals surface area contributed by atoms with Crippen LogP contribution < -0.4 is 10.6 Å². The highest BCUT2D eigenvalue weighted by atomic mass is 32.2. The summed E-state index contributed by atoms with van der Waals surface area (Å²) in [6.07, 6.45) is -1.75. The number of ether oxygens (including phenoxy) is 1. The molecule has 1 fully saturated rings. The predicted octanol–water partition coefficient (Wildman–Crippen LogP) is 1.60. The Bertz CT molecular complexity index is 916. The number of hydrogen-bond donors (Lipinski definition) is 4. The molecule has 1 aliphatic heterocycles. The fourth-order valence-corrected chi connectivity index (χ4v) is 5.33. The zero-order valence-corrected chi connectivity index (χ0v) is 16.9. The van der Waals surface area contributed by atoms with Gasteiger partial charge in [0.1, 0.15) is 6.10 Å². The molecule has 1 amide bonds. The minimum atomic E-state index is -0.984. The molecule has 7 nitrogen and oxygen atoms in total. The summed E-state index contributed by atoms with van der Waals surface area (Å²) in [6, 6.07) is 13.5. The van der Waals surface area contributed by atoms with E-state index >= 15 is 0 Å². The van der Waals surface area contributed by atoms with Crippen molar-refractivity contribution in [3.8, 4) is 0 Å². The van der Waals surface area contributed by atoms with Crippen molar-refractivity contribution in [2.75, 3.05) is 25.6 Å². The number of thioether (sulfide) groups is 1. The number of nitrogens with zero attached hydrogens (tertiary/aromatic N) is 1. The summed E-state index contributed by atoms with van der Waals surface area (Å²) in [7, 11) is 1.58. The molecule has 0 bridgehead atoms. The fraction of sp³-hybridized carbons (Fsp3) is 0.429. The van der Waals surface area contributed by atoms with Gasteiger partial charge in [-0.25, -0.2) is 0 Å². The molecule has 1 heterocycles. The summed E-state index contributed by atoms with van der Waals surface area (Å²) >= 11 is 1.46. The van der Waals surface area contributed by atoms with Gasteiger partial charge in [-0.05, 0) is 17.9 Å². The first-order chi connectivity index (χ1) is 14.1. The van der Waals surface area contributed by atoms with Gasteiger partial charge >= 0.3 is 0 Å². The Kier molecular flexibility index (Phi) is 6.05. The third-order valence-electron chi connectivity index (χ3n) is 5.46. The van der Waals surface area contributed by atoms with Crippen LogP contribution in [0.4, 0.5) is 5.69 Å². The molecule has 1 saturated carbocycles. The number of aliphatic imine (C=N–C) groups is 1. The van der Waals surface area contributed by atoms with Crippen molar-refractivity contribution < 1.29 is 19.7 Å². The van der Waals surface area contributed by atoms with E-state index in [1.54, 1.807) is 7.11 Å². The quantitative estimate of drug-likeness (QED) is 0.553. The Labute approximate surface area is 173 Å². The Morgan fingerprint density at radius 2 is 2.03 bits per heavy atom. The first-order valence-corrected chi connectivity index (χ1v) is 10.6. The van der Waals surface area contributed by atoms with Crippen molar-refractivity contribution in [1.29, 1.82) is 0 Å². The number of fused-ring (bicyclic) bond motifs is 2. The number of aliphatic hydroxyl groups is 2. The maximum absolute atomic E-state index is 12.7. The Balaban J connectivity index is 1.53. The van der Waals surface area contributed by atoms with Crippen molar-refractivity contribution in [3.63, 3.8) is 0 Å². The van der Waals surface area contributed by atoms with E-state index in [0.717, 1.165) is 16.5 Å². The predicted molar refractivity (Wildman–Crippen MR) is 115 cm³/mol. The molecule has 0 aromatic heterocycles. The van der Waals surface area contributed by atoms with E-state index in [2.05, 4.69) is 15.6 Å². The highest BCUT2D eigenvalue weighted by Crippen LogP contribution is 2.41. The van der Waals surface area contributed by atoms with Crippen LogP contribution >= 0.6 is 11.8 Å². The smallest absolute Gasteiger partial charge is 0.224 e. The largest absolute Gasteiger partial charge is 0.390 e. The molecule has 8 heteroatoms. The standard InChI is InChI=1S/C21H25N3O4S/c1-28-10-9-22-20(27)14-11-16(25)18(26)17-19(14)29-21(24-17)23-15-8-4-6-12-5-2-3-7-13(12)15/h2-8,14,16-19,25-26H,9-11H2,1H3,(H,22,27)(H,23,24)/t14-,16+,17-,18-,19+/m0/s1. The molecular weight excluding hydrogens is 390 g/mol. The number of rotatable bonds is 5. The zero-order chi connectivity index (χ0) is 20.4. The van der Waals surface area contributed by atoms with Crippen LogP contribution in [0.3, 0.4) is 0 Å². The van der Waals surface area contributed by atoms with Crippen LogP contribution in [-0.4, -0.2) is 65.0 Å². The second kappa shape index (κ2) is 8.71. The van der Waals surface area contributed by atoms with Gasteiger partial charge in [0, 0.05) is 30.0 Å². The van der Waals surface area contributed by atoms with Crippen LogP contribution in [0.25, 0.3) is 10.8 Å². The van der Waals surface area contributed by atoms with E-state index in [0.29, 0.717) is 18.3 Å². The second-order valence-corrected chi connectivity index (χ2v) is 8.51. The summed E-state index contributed by atoms with van der Waals surface area (Å²) in [4.78, 5) is 17.3. The topological polar surface area (TPSA) is 103 Å². The van der Waals surface area contributed by atoms with Crippen LogP contribution in [0.2, 0.25) is 0 Å². The maximum Gasteiger partial charge on any atom is 0.224 e. The van der Waals surface area contributed by atoms with Crippen molar-refractivity contribution in [1.82, 2.24) is 5.32 Å². The summed E-state index contributed by atoms with van der Waals surface area (Å²) in [5.41, 5.74) is 0.920. The summed E-state index contributed by atoms with van der Waals surface area (Å²) in [5.74, 6) is -0.576. The van der Waals surface area contributed by atoms with Crippen molar-refractivity contribution in [2.45, 2.75) is 29.9 Å². The van der Waals surface area contributed by atoms with Crippen molar-refractivity contribution in [2.24, 2.45) is 10.9 Å². The lowest BCUT2D eigenvalue weighted by Crippen LogP contribution is -2.54. The van der Waals surface area contributed by atoms with Gasteiger partial charge in [0.2, 0.25) is 5.91 Å². The van der Waals surface area contributed by atoms with Gasteiger partial charge in [-0.1, -0.05) is 48.2 Å². The molecule has 1 aliphatic carbocycles. The number of aliphatic hydroxyl groups excluding tert-OH is 2. The fourth-order valence-electron chi connectivity index (χ4n) is 3.97. The molecule has 2 aliphatic rings. The molecule has 0 spiro atoms. The summed E-state index contributed by atoms with van der Waals surface area (Å²) in [6.45, 7) is 0.837. The molecule has 4 N–H and O–H groups in total. The van der Waals surface area contributed by atoms with E-state index in [9.17, 15) is 15.0 Å². The molecule has 0 radical (unpaired) electrons. The van der Waals surface area contributed by atoms with E-state index < -0.39 is 24.2 Å². The normalized spacial score (nSPS) is 28.7. The van der Waals surface area contributed by atoms with E-state index in [1.165, 1.54) is 11.8 Å². The number of carbonyl (C=O) groups excluding carboxylic acids is 1. The van der Waals surface area contributed by atoms with E-state index in [1.807, 2.05) is 42.5 Å². The van der Waals surface area contributed by atoms with Crippen molar-refractivity contribution in [3.05, 3.63) is 42.5 Å². The van der Waals surface area contributed by atoms with Gasteiger partial charge in [0.05, 0.1) is 24.7 Å². The Morgan fingerprint density at radius 3 is 2.86 bits per heavy atom. The van der Waals surface area contributed by atoms with E-state index in [-0.39, 0.29) is 17.6 Å². The highest BCUT2D eigenvalue weighted by molar-refractivity contribution is 8.15. The number of methoxy groups -OCH3 is 1. The number of anilines is 1. The first-order valence-electron chi connectivity index (χ1n) is 9.70. The number of amidine groups is 1. The van der Waals surface area contributed by atoms with Crippen LogP contribution in [-0.2, 0) is 9.53 Å². The van der Waals surface area contributed by atoms with Crippen LogP contribution in [0.5, 0.6) is 0 Å². The maximum atomic E-state index is 12.7. The molecule has 2 aromatic rings. The molecule has 0 unspecified atom stereocenters. The van der Waals surface area contributed by atoms with Crippen LogP contribution in [0.1, 0.15) is 6.42 Å². The number of hydrogen-bond acceptors (Lipinski definition) is 7. The Hall–Kier alpha value is -2.13. The molecule has 0 saturated heterocycles. The minimum absolute atomic E-state index is 0.142. The van der Waals surface area contributed by atoms with Gasteiger partial charge in [-0.15, -0.1) is 0 Å². The molecule has 29 heavy (non-hydrogen) atoms. The summed E-state index contributed by atoms with van der Waals surface area (Å²) < 4.78 is 4.98. The third kappa shape index (κ3) is 4.11. The van der Waals surface area contributed by atoms with Crippen LogP contribution in [0, 0.1) is 5.92 Å². The molecule has 154 valence electrons. The SMILES string of the molecule is COCCNC(=O)[C@H]1C[C@@H](O)[C@H](O)[C@@H]2N=C(Nc3cccc4ccccc34)S[C@@H]21. The van der Waals surface area contributed by atoms with Gasteiger partial charge < -0.3 is 25.6 Å². The number of nitrogens with one attached hydrogen (secondary N) is 2. The molecule has 4 rings (SSSR count). The van der Waals surface area contributed by atoms with Crippen LogP contribution in [0.15, 0.2) is 47.5 Å². The highest BCUT2D eigenvalue weighted by Gasteiger charge is 2.50. The average molecular weight is 416 g/mol. The number of benzene rings is 2. The van der Waals surface area contributed by atoms with Gasteiger partial charge in [-0.3, -0.25) is 9.79 Å². The van der Waals surface area contributed by atoms with Gasteiger partial charge in [-0.2, -0.15) is 0 Å². The first kappa shape index (κ1) is 20.2. The van der Waals surface area contributed by atoms with Gasteiger partial charge in [0.25, 0.3) is 0 Å². The minimum Gasteiger partial charge on any atom is -0.390 e. The van der Waals surface area contributed by atoms with Gasteiger partial charge in [0.15, 0.2) is 5.17 Å². The lowest BCUT2D eigenvalue weighted by molar-refractivity contribution is -0.129. The van der Waals surface area contributed by atoms with Crippen molar-refractivity contribution >= 4 is 39.3 Å². The molecular formula is C21H25N3O4S. The Morgan fingerprint density at radius 1 is 1.24 bits per heavy atom. The summed E-state index contributed by atoms with van der Waals surface area (Å²) in [5, 5.41) is 29.6. The molecule has 2 aromatic carbocycles. The lowest BCUT2D eigenvalue weighted by atomic mass is 9.81. The zero-order valence-electron chi connectivity index (χ0n) is 16.1. The third-order valence-corrected chi connectivity index (χ3v) is 6.77. The second-order valence-electron chi connectivity index (χ2n) is 7.34. The molecule has 5 atom stereocenters. The number of carbonyl (C=O) groups is 1.